The molecule has 1 heterocycles. The van der Waals surface area contributed by atoms with E-state index < -0.39 is 11.4 Å². The van der Waals surface area contributed by atoms with Gasteiger partial charge in [-0.15, -0.1) is 0 Å². The Morgan fingerprint density at radius 3 is 2.77 bits per heavy atom. The number of rotatable bonds is 4. The van der Waals surface area contributed by atoms with Crippen molar-refractivity contribution in [1.82, 2.24) is 4.98 Å². The van der Waals surface area contributed by atoms with Gasteiger partial charge in [-0.1, -0.05) is 12.8 Å². The fourth-order valence-electron chi connectivity index (χ4n) is 3.15. The Kier molecular flexibility index (Phi) is 3.60. The van der Waals surface area contributed by atoms with Crippen molar-refractivity contribution in [2.75, 3.05) is 5.32 Å². The highest BCUT2D eigenvalue weighted by molar-refractivity contribution is 5.95. The first-order valence-corrected chi connectivity index (χ1v) is 7.39. The van der Waals surface area contributed by atoms with E-state index in [0.717, 1.165) is 12.8 Å². The molecule has 1 aromatic heterocycles. The summed E-state index contributed by atoms with van der Waals surface area (Å²) in [4.78, 5) is 27.9. The van der Waals surface area contributed by atoms with Gasteiger partial charge in [0.05, 0.1) is 5.41 Å². The highest BCUT2D eigenvalue weighted by atomic mass is 16.4. The number of oxazole rings is 1. The summed E-state index contributed by atoms with van der Waals surface area (Å²) in [7, 11) is 0. The van der Waals surface area contributed by atoms with Gasteiger partial charge in [-0.3, -0.25) is 9.59 Å². The molecule has 1 aromatic carbocycles. The zero-order valence-corrected chi connectivity index (χ0v) is 12.4. The van der Waals surface area contributed by atoms with E-state index in [9.17, 15) is 14.7 Å². The standard InChI is InChI=1S/C16H18N2O4/c1-10-17-12-8-11(4-5-13(12)22-10)18-14(19)9-16(15(20)21)6-2-3-7-16/h4-5,8H,2-3,6-7,9H2,1H3,(H,18,19)(H,20,21). The van der Waals surface area contributed by atoms with E-state index in [1.807, 2.05) is 0 Å². The number of aliphatic carboxylic acids is 1. The number of aromatic nitrogens is 1. The maximum Gasteiger partial charge on any atom is 0.310 e. The molecule has 1 aliphatic carbocycles. The number of nitrogens with one attached hydrogen (secondary N) is 1. The van der Waals surface area contributed by atoms with E-state index in [4.69, 9.17) is 4.42 Å². The van der Waals surface area contributed by atoms with Crippen molar-refractivity contribution in [1.29, 1.82) is 0 Å². The van der Waals surface area contributed by atoms with E-state index in [2.05, 4.69) is 10.3 Å². The van der Waals surface area contributed by atoms with Crippen molar-refractivity contribution in [2.45, 2.75) is 39.0 Å². The SMILES string of the molecule is Cc1nc2cc(NC(=O)CC3(C(=O)O)CCCC3)ccc2o1. The van der Waals surface area contributed by atoms with Crippen LogP contribution in [0.3, 0.4) is 0 Å². The van der Waals surface area contributed by atoms with Crippen LogP contribution in [-0.4, -0.2) is 22.0 Å². The number of aryl methyl sites for hydroxylation is 1. The minimum absolute atomic E-state index is 0.0121. The minimum Gasteiger partial charge on any atom is -0.481 e. The lowest BCUT2D eigenvalue weighted by atomic mass is 9.82. The predicted octanol–water partition coefficient (Wildman–Crippen LogP) is 3.11. The Bertz CT molecular complexity index is 729. The second kappa shape index (κ2) is 5.44. The molecule has 116 valence electrons. The fraction of sp³-hybridized carbons (Fsp3) is 0.438. The lowest BCUT2D eigenvalue weighted by molar-refractivity contribution is -0.150. The molecule has 1 amide bonds. The largest absolute Gasteiger partial charge is 0.481 e. The molecule has 22 heavy (non-hydrogen) atoms. The molecular formula is C16H18N2O4. The predicted molar refractivity (Wildman–Crippen MR) is 80.5 cm³/mol. The van der Waals surface area contributed by atoms with E-state index >= 15 is 0 Å². The smallest absolute Gasteiger partial charge is 0.310 e. The molecular weight excluding hydrogens is 284 g/mol. The lowest BCUT2D eigenvalue weighted by Crippen LogP contribution is -2.32. The van der Waals surface area contributed by atoms with Crippen LogP contribution >= 0.6 is 0 Å². The van der Waals surface area contributed by atoms with Crippen molar-refractivity contribution in [3.05, 3.63) is 24.1 Å². The molecule has 0 saturated heterocycles. The zero-order chi connectivity index (χ0) is 15.7. The third-order valence-electron chi connectivity index (χ3n) is 4.29. The molecule has 6 nitrogen and oxygen atoms in total. The quantitative estimate of drug-likeness (QED) is 0.905. The fourth-order valence-corrected chi connectivity index (χ4v) is 3.15. The first-order valence-electron chi connectivity index (χ1n) is 7.39. The first-order chi connectivity index (χ1) is 10.5. The number of hydrogen-bond acceptors (Lipinski definition) is 4. The number of hydrogen-bond donors (Lipinski definition) is 2. The summed E-state index contributed by atoms with van der Waals surface area (Å²) in [6.07, 6.45) is 2.88. The number of fused-ring (bicyclic) bond motifs is 1. The number of amides is 1. The number of anilines is 1. The summed E-state index contributed by atoms with van der Waals surface area (Å²) in [5, 5.41) is 12.2. The van der Waals surface area contributed by atoms with Crippen LogP contribution < -0.4 is 5.32 Å². The second-order valence-electron chi connectivity index (χ2n) is 5.93. The van der Waals surface area contributed by atoms with Crippen LogP contribution in [0.1, 0.15) is 38.0 Å². The van der Waals surface area contributed by atoms with Gasteiger partial charge in [0.1, 0.15) is 5.52 Å². The van der Waals surface area contributed by atoms with Gasteiger partial charge in [0.2, 0.25) is 5.91 Å². The molecule has 0 radical (unpaired) electrons. The van der Waals surface area contributed by atoms with E-state index in [1.54, 1.807) is 25.1 Å². The molecule has 0 spiro atoms. The Labute approximate surface area is 127 Å². The number of nitrogens with zero attached hydrogens (tertiary/aromatic N) is 1. The van der Waals surface area contributed by atoms with Gasteiger partial charge in [-0.2, -0.15) is 0 Å². The lowest BCUT2D eigenvalue weighted by Gasteiger charge is -2.22. The average Bonchev–Trinajstić information content (AvgIpc) is 3.04. The maximum atomic E-state index is 12.2. The number of benzene rings is 1. The normalized spacial score (nSPS) is 16.8. The topological polar surface area (TPSA) is 92.4 Å². The zero-order valence-electron chi connectivity index (χ0n) is 12.4. The minimum atomic E-state index is -0.904. The average molecular weight is 302 g/mol. The number of carboxylic acid groups (broad SMARTS) is 1. The molecule has 0 aliphatic heterocycles. The highest BCUT2D eigenvalue weighted by Crippen LogP contribution is 2.41. The van der Waals surface area contributed by atoms with E-state index in [1.165, 1.54) is 0 Å². The van der Waals surface area contributed by atoms with Gasteiger partial charge < -0.3 is 14.8 Å². The van der Waals surface area contributed by atoms with Gasteiger partial charge in [-0.05, 0) is 31.0 Å². The van der Waals surface area contributed by atoms with Crippen molar-refractivity contribution in [3.8, 4) is 0 Å². The third kappa shape index (κ3) is 2.68. The van der Waals surface area contributed by atoms with Crippen LogP contribution in [0.2, 0.25) is 0 Å². The van der Waals surface area contributed by atoms with Crippen LogP contribution in [0.5, 0.6) is 0 Å². The second-order valence-corrected chi connectivity index (χ2v) is 5.93. The van der Waals surface area contributed by atoms with Crippen LogP contribution in [0, 0.1) is 12.3 Å². The van der Waals surface area contributed by atoms with E-state index in [-0.39, 0.29) is 12.3 Å². The molecule has 1 aliphatic rings. The molecule has 1 fully saturated rings. The molecule has 6 heteroatoms. The molecule has 0 bridgehead atoms. The summed E-state index contributed by atoms with van der Waals surface area (Å²) in [5.74, 6) is -0.583. The molecule has 0 unspecified atom stereocenters. The Hall–Kier alpha value is -2.37. The molecule has 0 atom stereocenters. The van der Waals surface area contributed by atoms with Crippen molar-refractivity contribution in [3.63, 3.8) is 0 Å². The van der Waals surface area contributed by atoms with Crippen LogP contribution in [0.4, 0.5) is 5.69 Å². The summed E-state index contributed by atoms with van der Waals surface area (Å²) in [6, 6.07) is 5.20. The van der Waals surface area contributed by atoms with Crippen LogP contribution in [-0.2, 0) is 9.59 Å². The van der Waals surface area contributed by atoms with Gasteiger partial charge in [0.25, 0.3) is 0 Å². The Morgan fingerprint density at radius 1 is 1.36 bits per heavy atom. The Morgan fingerprint density at radius 2 is 2.09 bits per heavy atom. The van der Waals surface area contributed by atoms with Crippen LogP contribution in [0.25, 0.3) is 11.1 Å². The summed E-state index contributed by atoms with van der Waals surface area (Å²) >= 11 is 0. The van der Waals surface area contributed by atoms with Gasteiger partial charge in [0, 0.05) is 19.0 Å². The number of carbonyl (C=O) groups is 2. The molecule has 3 rings (SSSR count). The van der Waals surface area contributed by atoms with Crippen molar-refractivity contribution < 1.29 is 19.1 Å². The number of carbonyl (C=O) groups excluding carboxylic acids is 1. The van der Waals surface area contributed by atoms with Crippen molar-refractivity contribution >= 4 is 28.7 Å². The number of carboxylic acids is 1. The highest BCUT2D eigenvalue weighted by Gasteiger charge is 2.42. The summed E-state index contributed by atoms with van der Waals surface area (Å²) < 4.78 is 5.38. The maximum absolute atomic E-state index is 12.2. The first kappa shape index (κ1) is 14.6. The molecule has 1 saturated carbocycles. The van der Waals surface area contributed by atoms with Crippen molar-refractivity contribution in [2.24, 2.45) is 5.41 Å². The summed E-state index contributed by atoms with van der Waals surface area (Å²) in [6.45, 7) is 1.76. The van der Waals surface area contributed by atoms with Gasteiger partial charge in [0.15, 0.2) is 11.5 Å². The summed E-state index contributed by atoms with van der Waals surface area (Å²) in [5.41, 5.74) is 1.03. The Balaban J connectivity index is 1.73. The monoisotopic (exact) mass is 302 g/mol. The van der Waals surface area contributed by atoms with Crippen LogP contribution in [0.15, 0.2) is 22.6 Å². The molecule has 2 N–H and O–H groups in total. The van der Waals surface area contributed by atoms with Gasteiger partial charge >= 0.3 is 5.97 Å². The molecule has 2 aromatic rings. The van der Waals surface area contributed by atoms with Gasteiger partial charge in [-0.25, -0.2) is 4.98 Å². The van der Waals surface area contributed by atoms with E-state index in [0.29, 0.717) is 35.5 Å². The third-order valence-corrected chi connectivity index (χ3v) is 4.29.